The zero-order chi connectivity index (χ0) is 26.6. The molecule has 1 amide bonds. The lowest BCUT2D eigenvalue weighted by Gasteiger charge is -2.63. The molecule has 11 atom stereocenters. The van der Waals surface area contributed by atoms with Crippen molar-refractivity contribution >= 4 is 16.0 Å². The molecule has 0 heterocycles. The summed E-state index contributed by atoms with van der Waals surface area (Å²) in [7, 11) is -2.55. The average Bonchev–Trinajstić information content (AvgIpc) is 3.15. The molecule has 4 N–H and O–H groups in total. The molecule has 0 radical (unpaired) electrons. The Labute approximate surface area is 216 Å². The van der Waals surface area contributed by atoms with Gasteiger partial charge in [0.2, 0.25) is 5.91 Å². The molecule has 9 heteroatoms. The third-order valence-electron chi connectivity index (χ3n) is 11.4. The van der Waals surface area contributed by atoms with E-state index in [4.69, 9.17) is 4.55 Å². The van der Waals surface area contributed by atoms with Gasteiger partial charge in [-0.25, -0.2) is 0 Å². The van der Waals surface area contributed by atoms with E-state index in [1.165, 1.54) is 4.90 Å². The van der Waals surface area contributed by atoms with Crippen LogP contribution in [0.5, 0.6) is 0 Å². The predicted octanol–water partition coefficient (Wildman–Crippen LogP) is 2.71. The Bertz CT molecular complexity index is 927. The van der Waals surface area contributed by atoms with Gasteiger partial charge < -0.3 is 20.2 Å². The smallest absolute Gasteiger partial charge is 0.266 e. The van der Waals surface area contributed by atoms with Gasteiger partial charge in [0, 0.05) is 20.0 Å². The summed E-state index contributed by atoms with van der Waals surface area (Å²) in [5.74, 6) is 0.817. The standard InChI is InChI=1S/C27H47NO7S/c1-16(5-8-24(32)28(4)11-12-36(33,34)35)19-6-7-20-25-21(15-23(31)27(19,20)3)26(2)10-9-18(29)13-17(26)14-22(25)30/h16-23,25,29-31H,5-15H2,1-4H3,(H,33,34,35). The zero-order valence-corrected chi connectivity index (χ0v) is 23.2. The van der Waals surface area contributed by atoms with Gasteiger partial charge in [0.25, 0.3) is 10.1 Å². The van der Waals surface area contributed by atoms with Crippen LogP contribution in [0.4, 0.5) is 0 Å². The van der Waals surface area contributed by atoms with Crippen LogP contribution in [-0.2, 0) is 14.9 Å². The summed E-state index contributed by atoms with van der Waals surface area (Å²) in [6.07, 6.45) is 5.71. The molecule has 4 rings (SSSR count). The summed E-state index contributed by atoms with van der Waals surface area (Å²) in [5, 5.41) is 33.3. The summed E-state index contributed by atoms with van der Waals surface area (Å²) < 4.78 is 30.9. The Morgan fingerprint density at radius 3 is 2.42 bits per heavy atom. The predicted molar refractivity (Wildman–Crippen MR) is 136 cm³/mol. The fourth-order valence-corrected chi connectivity index (χ4v) is 9.76. The normalized spacial score (nSPS) is 45.3. The number of amides is 1. The number of hydrogen-bond acceptors (Lipinski definition) is 6. The second-order valence-corrected chi connectivity index (χ2v) is 14.7. The molecule has 0 bridgehead atoms. The van der Waals surface area contributed by atoms with Crippen molar-refractivity contribution in [3.63, 3.8) is 0 Å². The van der Waals surface area contributed by atoms with Crippen LogP contribution in [0.25, 0.3) is 0 Å². The fourth-order valence-electron chi connectivity index (χ4n) is 9.25. The van der Waals surface area contributed by atoms with E-state index in [2.05, 4.69) is 20.8 Å². The molecule has 4 aliphatic carbocycles. The van der Waals surface area contributed by atoms with Crippen LogP contribution in [0.2, 0.25) is 0 Å². The number of rotatable bonds is 7. The van der Waals surface area contributed by atoms with Crippen molar-refractivity contribution in [3.8, 4) is 0 Å². The minimum atomic E-state index is -4.11. The van der Waals surface area contributed by atoms with Crippen LogP contribution in [0.1, 0.15) is 78.6 Å². The molecule has 11 unspecified atom stereocenters. The van der Waals surface area contributed by atoms with Gasteiger partial charge in [-0.05, 0) is 97.7 Å². The number of hydrogen-bond donors (Lipinski definition) is 4. The van der Waals surface area contributed by atoms with Crippen molar-refractivity contribution < 1.29 is 33.1 Å². The maximum Gasteiger partial charge on any atom is 0.266 e. The maximum atomic E-state index is 12.6. The number of fused-ring (bicyclic) bond motifs is 5. The average molecular weight is 530 g/mol. The summed E-state index contributed by atoms with van der Waals surface area (Å²) in [4.78, 5) is 13.9. The largest absolute Gasteiger partial charge is 0.393 e. The van der Waals surface area contributed by atoms with E-state index in [1.807, 2.05) is 0 Å². The minimum absolute atomic E-state index is 0.0360. The van der Waals surface area contributed by atoms with Crippen molar-refractivity contribution in [1.29, 1.82) is 0 Å². The quantitative estimate of drug-likeness (QED) is 0.372. The lowest BCUT2D eigenvalue weighted by atomic mass is 9.43. The fraction of sp³-hybridized carbons (Fsp3) is 0.963. The van der Waals surface area contributed by atoms with Crippen LogP contribution >= 0.6 is 0 Å². The summed E-state index contributed by atoms with van der Waals surface area (Å²) in [5.41, 5.74) is -0.257. The van der Waals surface area contributed by atoms with E-state index in [0.29, 0.717) is 25.2 Å². The van der Waals surface area contributed by atoms with Gasteiger partial charge in [-0.15, -0.1) is 0 Å². The molecule has 208 valence electrons. The van der Waals surface area contributed by atoms with Gasteiger partial charge >= 0.3 is 0 Å². The van der Waals surface area contributed by atoms with Gasteiger partial charge in [0.05, 0.1) is 24.1 Å². The van der Waals surface area contributed by atoms with E-state index in [-0.39, 0.29) is 59.0 Å². The van der Waals surface area contributed by atoms with Gasteiger partial charge in [-0.2, -0.15) is 8.42 Å². The van der Waals surface area contributed by atoms with Gasteiger partial charge in [-0.1, -0.05) is 20.8 Å². The first-order valence-corrected chi connectivity index (χ1v) is 15.5. The first kappa shape index (κ1) is 28.3. The first-order chi connectivity index (χ1) is 16.7. The molecular weight excluding hydrogens is 482 g/mol. The second kappa shape index (κ2) is 10.1. The van der Waals surface area contributed by atoms with Crippen molar-refractivity contribution in [2.75, 3.05) is 19.3 Å². The summed E-state index contributed by atoms with van der Waals surface area (Å²) in [6, 6.07) is 0. The molecular formula is C27H47NO7S. The monoisotopic (exact) mass is 529 g/mol. The topological polar surface area (TPSA) is 135 Å². The Morgan fingerprint density at radius 2 is 1.75 bits per heavy atom. The van der Waals surface area contributed by atoms with Crippen LogP contribution in [0, 0.1) is 46.3 Å². The van der Waals surface area contributed by atoms with Gasteiger partial charge in [-0.3, -0.25) is 9.35 Å². The third-order valence-corrected chi connectivity index (χ3v) is 12.1. The second-order valence-electron chi connectivity index (χ2n) is 13.1. The van der Waals surface area contributed by atoms with Crippen molar-refractivity contribution in [2.24, 2.45) is 46.3 Å². The molecule has 4 saturated carbocycles. The Morgan fingerprint density at radius 1 is 1.06 bits per heavy atom. The molecule has 0 aromatic carbocycles. The highest BCUT2D eigenvalue weighted by atomic mass is 32.2. The molecule has 8 nitrogen and oxygen atoms in total. The number of carbonyl (C=O) groups excluding carboxylic acids is 1. The third kappa shape index (κ3) is 4.99. The molecule has 0 aliphatic heterocycles. The van der Waals surface area contributed by atoms with Crippen LogP contribution < -0.4 is 0 Å². The zero-order valence-electron chi connectivity index (χ0n) is 22.3. The van der Waals surface area contributed by atoms with E-state index in [1.54, 1.807) is 7.05 Å². The minimum Gasteiger partial charge on any atom is -0.393 e. The van der Waals surface area contributed by atoms with E-state index >= 15 is 0 Å². The van der Waals surface area contributed by atoms with Crippen molar-refractivity contribution in [1.82, 2.24) is 4.90 Å². The Hall–Kier alpha value is -0.740. The highest BCUT2D eigenvalue weighted by Crippen LogP contribution is 2.68. The van der Waals surface area contributed by atoms with Crippen molar-refractivity contribution in [2.45, 2.75) is 96.9 Å². The molecule has 0 aromatic heterocycles. The number of carbonyl (C=O) groups is 1. The highest BCUT2D eigenvalue weighted by Gasteiger charge is 2.65. The SMILES string of the molecule is CC(CCC(=O)N(C)CCS(=O)(=O)O)C1CCC2C3C(O)CC4CC(O)CCC4(C)C3CC(O)C12C. The Balaban J connectivity index is 1.44. The van der Waals surface area contributed by atoms with Crippen LogP contribution in [-0.4, -0.2) is 76.8 Å². The summed E-state index contributed by atoms with van der Waals surface area (Å²) >= 11 is 0. The van der Waals surface area contributed by atoms with Crippen LogP contribution in [0.15, 0.2) is 0 Å². The van der Waals surface area contributed by atoms with Gasteiger partial charge in [0.1, 0.15) is 0 Å². The Kier molecular flexibility index (Phi) is 7.93. The first-order valence-electron chi connectivity index (χ1n) is 13.9. The molecule has 0 saturated heterocycles. The van der Waals surface area contributed by atoms with E-state index in [0.717, 1.165) is 38.5 Å². The lowest BCUT2D eigenvalue weighted by molar-refractivity contribution is -0.207. The molecule has 4 aliphatic rings. The number of nitrogens with zero attached hydrogens (tertiary/aromatic N) is 1. The van der Waals surface area contributed by atoms with E-state index < -0.39 is 28.1 Å². The van der Waals surface area contributed by atoms with E-state index in [9.17, 15) is 28.5 Å². The molecule has 36 heavy (non-hydrogen) atoms. The lowest BCUT2D eigenvalue weighted by Crippen LogP contribution is -2.62. The molecule has 0 aromatic rings. The van der Waals surface area contributed by atoms with Crippen molar-refractivity contribution in [3.05, 3.63) is 0 Å². The van der Waals surface area contributed by atoms with Crippen LogP contribution in [0.3, 0.4) is 0 Å². The van der Waals surface area contributed by atoms with Gasteiger partial charge in [0.15, 0.2) is 0 Å². The summed E-state index contributed by atoms with van der Waals surface area (Å²) in [6.45, 7) is 6.66. The molecule has 4 fully saturated rings. The number of aliphatic hydroxyl groups is 3. The highest BCUT2D eigenvalue weighted by molar-refractivity contribution is 7.85. The maximum absolute atomic E-state index is 12.6. The molecule has 0 spiro atoms. The number of aliphatic hydroxyl groups excluding tert-OH is 3.